The summed E-state index contributed by atoms with van der Waals surface area (Å²) in [6.07, 6.45) is 8.40. The minimum Gasteiger partial charge on any atom is -0.315 e. The first-order chi connectivity index (χ1) is 9.00. The molecule has 0 radical (unpaired) electrons. The van der Waals surface area contributed by atoms with Crippen molar-refractivity contribution >= 4 is 0 Å². The van der Waals surface area contributed by atoms with Crippen LogP contribution in [0.1, 0.15) is 73.1 Å². The highest BCUT2D eigenvalue weighted by Gasteiger charge is 2.26. The number of hydrogen-bond donors (Lipinski definition) is 1. The predicted molar refractivity (Wildman–Crippen MR) is 85.6 cm³/mol. The molecule has 1 aliphatic carbocycles. The highest BCUT2D eigenvalue weighted by molar-refractivity contribution is 4.82. The van der Waals surface area contributed by atoms with Crippen molar-refractivity contribution in [2.45, 2.75) is 91.3 Å². The molecule has 0 spiro atoms. The standard InChI is InChI=1S/C17H36N2/c1-14(2)13-19(17-10-6-7-11-17)16(5)9-8-12-18-15(3)4/h14-18H,6-13H2,1-5H3. The van der Waals surface area contributed by atoms with Crippen LogP contribution in [0, 0.1) is 5.92 Å². The Bertz CT molecular complexity index is 219. The monoisotopic (exact) mass is 268 g/mol. The van der Waals surface area contributed by atoms with Gasteiger partial charge in [0.05, 0.1) is 0 Å². The smallest absolute Gasteiger partial charge is 0.00981 e. The van der Waals surface area contributed by atoms with E-state index in [1.54, 1.807) is 0 Å². The van der Waals surface area contributed by atoms with E-state index in [4.69, 9.17) is 0 Å². The molecule has 114 valence electrons. The molecular formula is C17H36N2. The van der Waals surface area contributed by atoms with Crippen LogP contribution in [-0.2, 0) is 0 Å². The van der Waals surface area contributed by atoms with Crippen molar-refractivity contribution in [3.05, 3.63) is 0 Å². The molecule has 1 fully saturated rings. The summed E-state index contributed by atoms with van der Waals surface area (Å²) in [5.74, 6) is 0.789. The van der Waals surface area contributed by atoms with Crippen LogP contribution in [0.2, 0.25) is 0 Å². The number of nitrogens with one attached hydrogen (secondary N) is 1. The van der Waals surface area contributed by atoms with Gasteiger partial charge < -0.3 is 5.32 Å². The van der Waals surface area contributed by atoms with Gasteiger partial charge >= 0.3 is 0 Å². The van der Waals surface area contributed by atoms with E-state index in [1.165, 1.54) is 51.6 Å². The Hall–Kier alpha value is -0.0800. The molecule has 1 unspecified atom stereocenters. The second kappa shape index (κ2) is 8.97. The lowest BCUT2D eigenvalue weighted by atomic mass is 10.0. The third kappa shape index (κ3) is 6.76. The molecule has 1 N–H and O–H groups in total. The molecule has 0 aromatic carbocycles. The fraction of sp³-hybridized carbons (Fsp3) is 1.00. The van der Waals surface area contributed by atoms with Crippen molar-refractivity contribution in [2.75, 3.05) is 13.1 Å². The summed E-state index contributed by atoms with van der Waals surface area (Å²) in [7, 11) is 0. The van der Waals surface area contributed by atoms with Crippen molar-refractivity contribution in [1.29, 1.82) is 0 Å². The first-order valence-corrected chi connectivity index (χ1v) is 8.49. The summed E-state index contributed by atoms with van der Waals surface area (Å²) in [6.45, 7) is 14.1. The van der Waals surface area contributed by atoms with Crippen LogP contribution in [0.15, 0.2) is 0 Å². The van der Waals surface area contributed by atoms with Gasteiger partial charge in [-0.15, -0.1) is 0 Å². The van der Waals surface area contributed by atoms with Crippen LogP contribution in [0.4, 0.5) is 0 Å². The van der Waals surface area contributed by atoms with Gasteiger partial charge in [-0.25, -0.2) is 0 Å². The maximum absolute atomic E-state index is 3.53. The zero-order chi connectivity index (χ0) is 14.3. The summed E-state index contributed by atoms with van der Waals surface area (Å²) in [5.41, 5.74) is 0. The van der Waals surface area contributed by atoms with E-state index >= 15 is 0 Å². The van der Waals surface area contributed by atoms with Crippen LogP contribution >= 0.6 is 0 Å². The molecule has 0 aromatic heterocycles. The fourth-order valence-corrected chi connectivity index (χ4v) is 3.30. The van der Waals surface area contributed by atoms with Gasteiger partial charge in [-0.2, -0.15) is 0 Å². The van der Waals surface area contributed by atoms with Crippen LogP contribution in [0.25, 0.3) is 0 Å². The summed E-state index contributed by atoms with van der Waals surface area (Å²) >= 11 is 0. The molecule has 2 heteroatoms. The maximum atomic E-state index is 3.53. The van der Waals surface area contributed by atoms with Gasteiger partial charge in [-0.05, 0) is 45.1 Å². The SMILES string of the molecule is CC(C)CN(C(C)CCCNC(C)C)C1CCCC1. The molecule has 1 saturated carbocycles. The highest BCUT2D eigenvalue weighted by atomic mass is 15.2. The van der Waals surface area contributed by atoms with Crippen molar-refractivity contribution in [2.24, 2.45) is 5.92 Å². The Kier molecular flexibility index (Phi) is 8.01. The largest absolute Gasteiger partial charge is 0.315 e. The third-order valence-corrected chi connectivity index (χ3v) is 4.29. The Labute approximate surface area is 121 Å². The van der Waals surface area contributed by atoms with E-state index in [9.17, 15) is 0 Å². The number of nitrogens with zero attached hydrogens (tertiary/aromatic N) is 1. The summed E-state index contributed by atoms with van der Waals surface area (Å²) in [4.78, 5) is 2.81. The predicted octanol–water partition coefficient (Wildman–Crippen LogP) is 4.05. The van der Waals surface area contributed by atoms with Crippen LogP contribution in [0.3, 0.4) is 0 Å². The van der Waals surface area contributed by atoms with Crippen molar-refractivity contribution in [3.8, 4) is 0 Å². The van der Waals surface area contributed by atoms with Gasteiger partial charge in [0.2, 0.25) is 0 Å². The fourth-order valence-electron chi connectivity index (χ4n) is 3.30. The van der Waals surface area contributed by atoms with Crippen LogP contribution < -0.4 is 5.32 Å². The molecular weight excluding hydrogens is 232 g/mol. The summed E-state index contributed by atoms with van der Waals surface area (Å²) in [6, 6.07) is 2.24. The first-order valence-electron chi connectivity index (χ1n) is 8.49. The molecule has 0 bridgehead atoms. The van der Waals surface area contributed by atoms with E-state index in [2.05, 4.69) is 44.8 Å². The first kappa shape index (κ1) is 17.0. The number of rotatable bonds is 9. The van der Waals surface area contributed by atoms with E-state index in [0.717, 1.165) is 18.0 Å². The Morgan fingerprint density at radius 3 is 2.21 bits per heavy atom. The van der Waals surface area contributed by atoms with Gasteiger partial charge in [-0.3, -0.25) is 4.90 Å². The molecule has 0 heterocycles. The summed E-state index contributed by atoms with van der Waals surface area (Å²) in [5, 5.41) is 3.53. The lowest BCUT2D eigenvalue weighted by Gasteiger charge is -2.36. The zero-order valence-electron chi connectivity index (χ0n) is 13.9. The Balaban J connectivity index is 2.35. The molecule has 1 aliphatic rings. The molecule has 19 heavy (non-hydrogen) atoms. The van der Waals surface area contributed by atoms with Crippen molar-refractivity contribution < 1.29 is 0 Å². The lowest BCUT2D eigenvalue weighted by molar-refractivity contribution is 0.120. The maximum Gasteiger partial charge on any atom is 0.00981 e. The number of hydrogen-bond acceptors (Lipinski definition) is 2. The second-order valence-electron chi connectivity index (χ2n) is 7.13. The topological polar surface area (TPSA) is 15.3 Å². The molecule has 2 nitrogen and oxygen atoms in total. The van der Waals surface area contributed by atoms with E-state index in [-0.39, 0.29) is 0 Å². The van der Waals surface area contributed by atoms with Crippen molar-refractivity contribution in [1.82, 2.24) is 10.2 Å². The normalized spacial score (nSPS) is 18.9. The quantitative estimate of drug-likeness (QED) is 0.635. The molecule has 0 amide bonds. The van der Waals surface area contributed by atoms with E-state index in [1.807, 2.05) is 0 Å². The average Bonchev–Trinajstić information content (AvgIpc) is 2.84. The van der Waals surface area contributed by atoms with E-state index in [0.29, 0.717) is 6.04 Å². The summed E-state index contributed by atoms with van der Waals surface area (Å²) < 4.78 is 0. The molecule has 1 rings (SSSR count). The van der Waals surface area contributed by atoms with E-state index < -0.39 is 0 Å². The molecule has 0 saturated heterocycles. The van der Waals surface area contributed by atoms with Gasteiger partial charge in [0, 0.05) is 24.7 Å². The minimum atomic E-state index is 0.622. The van der Waals surface area contributed by atoms with Gasteiger partial charge in [0.15, 0.2) is 0 Å². The van der Waals surface area contributed by atoms with Gasteiger partial charge in [0.1, 0.15) is 0 Å². The Morgan fingerprint density at radius 2 is 1.68 bits per heavy atom. The van der Waals surface area contributed by atoms with Crippen LogP contribution in [-0.4, -0.2) is 36.1 Å². The second-order valence-corrected chi connectivity index (χ2v) is 7.13. The van der Waals surface area contributed by atoms with Gasteiger partial charge in [-0.1, -0.05) is 40.5 Å². The van der Waals surface area contributed by atoms with Crippen molar-refractivity contribution in [3.63, 3.8) is 0 Å². The average molecular weight is 268 g/mol. The third-order valence-electron chi connectivity index (χ3n) is 4.29. The van der Waals surface area contributed by atoms with Crippen LogP contribution in [0.5, 0.6) is 0 Å². The highest BCUT2D eigenvalue weighted by Crippen LogP contribution is 2.27. The lowest BCUT2D eigenvalue weighted by Crippen LogP contribution is -2.43. The minimum absolute atomic E-state index is 0.622. The Morgan fingerprint density at radius 1 is 1.05 bits per heavy atom. The molecule has 1 atom stereocenters. The molecule has 0 aliphatic heterocycles. The molecule has 0 aromatic rings. The zero-order valence-corrected chi connectivity index (χ0v) is 13.9. The van der Waals surface area contributed by atoms with Gasteiger partial charge in [0.25, 0.3) is 0 Å².